The van der Waals surface area contributed by atoms with Crippen LogP contribution in [-0.2, 0) is 11.2 Å². The number of fused-ring (bicyclic) bond motifs is 1. The molecule has 1 saturated carbocycles. The van der Waals surface area contributed by atoms with Crippen LogP contribution in [0, 0.1) is 17.2 Å². The minimum atomic E-state index is 0.311. The first kappa shape index (κ1) is 10.3. The van der Waals surface area contributed by atoms with Crippen LogP contribution in [0.2, 0.25) is 0 Å². The predicted molar refractivity (Wildman–Crippen MR) is 63.1 cm³/mol. The van der Waals surface area contributed by atoms with Gasteiger partial charge in [0.15, 0.2) is 0 Å². The summed E-state index contributed by atoms with van der Waals surface area (Å²) in [5.74, 6) is 0.635. The van der Waals surface area contributed by atoms with Crippen molar-refractivity contribution in [1.29, 1.82) is 5.26 Å². The van der Waals surface area contributed by atoms with Crippen molar-refractivity contribution in [2.24, 2.45) is 5.92 Å². The van der Waals surface area contributed by atoms with E-state index in [2.05, 4.69) is 6.07 Å². The summed E-state index contributed by atoms with van der Waals surface area (Å²) in [7, 11) is 0. The topological polar surface area (TPSA) is 44.1 Å². The largest absolute Gasteiger partial charge is 0.339 e. The highest BCUT2D eigenvalue weighted by molar-refractivity contribution is 5.84. The molecule has 0 N–H and O–H groups in total. The zero-order chi connectivity index (χ0) is 11.8. The molecule has 1 aromatic rings. The van der Waals surface area contributed by atoms with E-state index in [-0.39, 0.29) is 0 Å². The summed E-state index contributed by atoms with van der Waals surface area (Å²) >= 11 is 0. The first-order valence-electron chi connectivity index (χ1n) is 6.08. The monoisotopic (exact) mass is 226 g/mol. The average Bonchev–Trinajstić information content (AvgIpc) is 2.77. The van der Waals surface area contributed by atoms with Gasteiger partial charge in [0.05, 0.1) is 11.6 Å². The fourth-order valence-corrected chi connectivity index (χ4v) is 2.84. The Morgan fingerprint density at radius 3 is 2.76 bits per heavy atom. The quantitative estimate of drug-likeness (QED) is 0.787. The van der Waals surface area contributed by atoms with E-state index in [0.29, 0.717) is 17.9 Å². The summed E-state index contributed by atoms with van der Waals surface area (Å²) < 4.78 is 0. The van der Waals surface area contributed by atoms with Crippen LogP contribution in [0.3, 0.4) is 0 Å². The maximum atomic E-state index is 11.8. The molecule has 0 unspecified atom stereocenters. The first-order chi connectivity index (χ1) is 8.29. The van der Waals surface area contributed by atoms with Crippen molar-refractivity contribution in [3.8, 4) is 6.07 Å². The van der Waals surface area contributed by atoms with Crippen LogP contribution in [0.1, 0.15) is 24.0 Å². The molecule has 1 amide bonds. The second-order valence-electron chi connectivity index (χ2n) is 4.87. The number of hydrogen-bond donors (Lipinski definition) is 0. The van der Waals surface area contributed by atoms with Crippen LogP contribution in [0.25, 0.3) is 0 Å². The third kappa shape index (κ3) is 1.61. The van der Waals surface area contributed by atoms with E-state index >= 15 is 0 Å². The average molecular weight is 226 g/mol. The van der Waals surface area contributed by atoms with Crippen LogP contribution in [0.15, 0.2) is 24.3 Å². The standard InChI is InChI=1S/C14H14N2O/c15-9-11-4-2-1-3-10(11)5-6-16-13-7-12(8-13)14(16)17/h1-4,12-13H,5-8H2. The Hall–Kier alpha value is -1.82. The Kier molecular flexibility index (Phi) is 2.36. The highest BCUT2D eigenvalue weighted by atomic mass is 16.2. The van der Waals surface area contributed by atoms with E-state index in [1.807, 2.05) is 29.2 Å². The zero-order valence-electron chi connectivity index (χ0n) is 9.60. The molecule has 3 fully saturated rings. The van der Waals surface area contributed by atoms with Crippen molar-refractivity contribution in [2.75, 3.05) is 6.54 Å². The van der Waals surface area contributed by atoms with Crippen LogP contribution in [0.4, 0.5) is 0 Å². The number of carbonyl (C=O) groups is 1. The normalized spacial score (nSPS) is 25.6. The minimum absolute atomic E-state index is 0.311. The van der Waals surface area contributed by atoms with Gasteiger partial charge in [-0.25, -0.2) is 0 Å². The van der Waals surface area contributed by atoms with Gasteiger partial charge in [0.25, 0.3) is 0 Å². The summed E-state index contributed by atoms with van der Waals surface area (Å²) in [4.78, 5) is 13.8. The molecule has 3 heteroatoms. The molecule has 0 atom stereocenters. The first-order valence-corrected chi connectivity index (χ1v) is 6.08. The maximum Gasteiger partial charge on any atom is 0.226 e. The van der Waals surface area contributed by atoms with Gasteiger partial charge in [0.2, 0.25) is 5.91 Å². The fraction of sp³-hybridized carbons (Fsp3) is 0.429. The molecule has 1 aromatic carbocycles. The van der Waals surface area contributed by atoms with Gasteiger partial charge in [-0.3, -0.25) is 4.79 Å². The van der Waals surface area contributed by atoms with E-state index in [9.17, 15) is 4.79 Å². The van der Waals surface area contributed by atoms with Crippen molar-refractivity contribution in [3.63, 3.8) is 0 Å². The van der Waals surface area contributed by atoms with Gasteiger partial charge in [-0.05, 0) is 30.9 Å². The van der Waals surface area contributed by atoms with Crippen LogP contribution < -0.4 is 0 Å². The molecule has 3 aliphatic rings. The molecule has 2 saturated heterocycles. The second-order valence-corrected chi connectivity index (χ2v) is 4.87. The molecule has 2 aliphatic heterocycles. The van der Waals surface area contributed by atoms with Gasteiger partial charge < -0.3 is 4.90 Å². The highest BCUT2D eigenvalue weighted by Gasteiger charge is 2.49. The Balaban J connectivity index is 1.68. The summed E-state index contributed by atoms with van der Waals surface area (Å²) in [6.07, 6.45) is 2.90. The van der Waals surface area contributed by atoms with Gasteiger partial charge in [0.1, 0.15) is 0 Å². The van der Waals surface area contributed by atoms with E-state index < -0.39 is 0 Å². The molecule has 86 valence electrons. The molecule has 4 rings (SSSR count). The lowest BCUT2D eigenvalue weighted by Gasteiger charge is -2.25. The summed E-state index contributed by atoms with van der Waals surface area (Å²) in [5, 5.41) is 8.99. The van der Waals surface area contributed by atoms with Gasteiger partial charge in [0, 0.05) is 18.5 Å². The Labute approximate surface area is 101 Å². The summed E-state index contributed by atoms with van der Waals surface area (Å²) in [6, 6.07) is 10.3. The van der Waals surface area contributed by atoms with Gasteiger partial charge >= 0.3 is 0 Å². The highest BCUT2D eigenvalue weighted by Crippen LogP contribution is 2.41. The Morgan fingerprint density at radius 1 is 1.35 bits per heavy atom. The van der Waals surface area contributed by atoms with E-state index in [0.717, 1.165) is 36.9 Å². The number of amides is 1. The third-order valence-electron chi connectivity index (χ3n) is 3.95. The third-order valence-corrected chi connectivity index (χ3v) is 3.95. The van der Waals surface area contributed by atoms with Crippen molar-refractivity contribution in [1.82, 2.24) is 4.90 Å². The SMILES string of the molecule is N#Cc1ccccc1CCN1C(=O)C2CC1C2. The number of benzene rings is 1. The molecule has 2 heterocycles. The summed E-state index contributed by atoms with van der Waals surface area (Å²) in [6.45, 7) is 0.763. The Bertz CT molecular complexity index is 497. The molecule has 1 aliphatic carbocycles. The molecular formula is C14H14N2O. The fourth-order valence-electron chi connectivity index (χ4n) is 2.84. The number of nitriles is 1. The van der Waals surface area contributed by atoms with Crippen LogP contribution in [-0.4, -0.2) is 23.4 Å². The van der Waals surface area contributed by atoms with E-state index in [1.54, 1.807) is 0 Å². The van der Waals surface area contributed by atoms with Gasteiger partial charge in [-0.15, -0.1) is 0 Å². The lowest BCUT2D eigenvalue weighted by Crippen LogP contribution is -2.31. The molecule has 3 nitrogen and oxygen atoms in total. The predicted octanol–water partition coefficient (Wildman–Crippen LogP) is 1.72. The molecule has 0 spiro atoms. The molecule has 2 bridgehead atoms. The molecule has 0 radical (unpaired) electrons. The van der Waals surface area contributed by atoms with Crippen LogP contribution in [0.5, 0.6) is 0 Å². The van der Waals surface area contributed by atoms with Crippen molar-refractivity contribution in [3.05, 3.63) is 35.4 Å². The van der Waals surface area contributed by atoms with E-state index in [1.165, 1.54) is 0 Å². The lowest BCUT2D eigenvalue weighted by atomic mass is 9.86. The molecule has 17 heavy (non-hydrogen) atoms. The molecule has 0 aromatic heterocycles. The van der Waals surface area contributed by atoms with Crippen molar-refractivity contribution >= 4 is 5.91 Å². The van der Waals surface area contributed by atoms with Crippen LogP contribution >= 0.6 is 0 Å². The molecular weight excluding hydrogens is 212 g/mol. The minimum Gasteiger partial charge on any atom is -0.339 e. The zero-order valence-corrected chi connectivity index (χ0v) is 9.60. The van der Waals surface area contributed by atoms with Gasteiger partial charge in [-0.1, -0.05) is 18.2 Å². The smallest absolute Gasteiger partial charge is 0.226 e. The Morgan fingerprint density at radius 2 is 2.12 bits per heavy atom. The number of hydrogen-bond acceptors (Lipinski definition) is 2. The second kappa shape index (κ2) is 3.89. The summed E-state index contributed by atoms with van der Waals surface area (Å²) in [5.41, 5.74) is 1.78. The number of rotatable bonds is 3. The van der Waals surface area contributed by atoms with E-state index in [4.69, 9.17) is 5.26 Å². The number of carbonyl (C=O) groups excluding carboxylic acids is 1. The maximum absolute atomic E-state index is 11.8. The van der Waals surface area contributed by atoms with Crippen molar-refractivity contribution < 1.29 is 4.79 Å². The van der Waals surface area contributed by atoms with Gasteiger partial charge in [-0.2, -0.15) is 5.26 Å². The number of nitrogens with zero attached hydrogens (tertiary/aromatic N) is 2. The van der Waals surface area contributed by atoms with Crippen molar-refractivity contribution in [2.45, 2.75) is 25.3 Å². The lowest BCUT2D eigenvalue weighted by molar-refractivity contribution is -0.128.